The minimum atomic E-state index is -0.935. The molecule has 0 fully saturated rings. The average molecular weight is 215 g/mol. The van der Waals surface area contributed by atoms with Crippen LogP contribution < -0.4 is 5.32 Å². The van der Waals surface area contributed by atoms with Gasteiger partial charge in [0.25, 0.3) is 0 Å². The maximum Gasteiger partial charge on any atom is 0.328 e. The van der Waals surface area contributed by atoms with E-state index in [1.54, 1.807) is 6.92 Å². The van der Waals surface area contributed by atoms with Crippen LogP contribution in [0.15, 0.2) is 11.6 Å². The number of carboxylic acids is 1. The molecule has 15 heavy (non-hydrogen) atoms. The van der Waals surface area contributed by atoms with Crippen LogP contribution in [0.1, 0.15) is 33.6 Å². The van der Waals surface area contributed by atoms with Crippen LogP contribution in [-0.4, -0.2) is 34.9 Å². The molecule has 4 heteroatoms. The molecular weight excluding hydrogens is 194 g/mol. The zero-order chi connectivity index (χ0) is 11.9. The Balaban J connectivity index is 3.93. The van der Waals surface area contributed by atoms with Crippen LogP contribution >= 0.6 is 0 Å². The molecule has 0 spiro atoms. The Bertz CT molecular complexity index is 232. The van der Waals surface area contributed by atoms with E-state index in [1.165, 1.54) is 6.08 Å². The minimum Gasteiger partial charge on any atom is -0.478 e. The summed E-state index contributed by atoms with van der Waals surface area (Å²) in [6.07, 6.45) is 2.56. The van der Waals surface area contributed by atoms with Crippen molar-refractivity contribution < 1.29 is 15.0 Å². The standard InChI is InChI=1S/C11H21NO3/c1-4-11(15,5-2)8-12-7-9(3)6-10(13)14/h6,12,15H,4-5,7-8H2,1-3H3,(H,13,14). The lowest BCUT2D eigenvalue weighted by molar-refractivity contribution is -0.131. The summed E-state index contributed by atoms with van der Waals surface area (Å²) in [5, 5.41) is 21.5. The molecule has 0 saturated carbocycles. The molecule has 88 valence electrons. The van der Waals surface area contributed by atoms with Crippen LogP contribution in [0.3, 0.4) is 0 Å². The summed E-state index contributed by atoms with van der Waals surface area (Å²) in [4.78, 5) is 10.3. The minimum absolute atomic E-state index is 0.491. The second-order valence-corrected chi connectivity index (χ2v) is 3.86. The van der Waals surface area contributed by atoms with Gasteiger partial charge < -0.3 is 15.5 Å². The van der Waals surface area contributed by atoms with Gasteiger partial charge in [-0.3, -0.25) is 0 Å². The lowest BCUT2D eigenvalue weighted by Crippen LogP contribution is -2.40. The van der Waals surface area contributed by atoms with Crippen molar-refractivity contribution >= 4 is 5.97 Å². The van der Waals surface area contributed by atoms with Crippen LogP contribution in [0.25, 0.3) is 0 Å². The third kappa shape index (κ3) is 6.25. The Labute approximate surface area is 91.0 Å². The summed E-state index contributed by atoms with van der Waals surface area (Å²) in [5.74, 6) is -0.935. The fraction of sp³-hybridized carbons (Fsp3) is 0.727. The predicted molar refractivity (Wildman–Crippen MR) is 59.8 cm³/mol. The molecule has 0 saturated heterocycles. The second kappa shape index (κ2) is 6.58. The second-order valence-electron chi connectivity index (χ2n) is 3.86. The number of rotatable bonds is 7. The van der Waals surface area contributed by atoms with E-state index < -0.39 is 11.6 Å². The summed E-state index contributed by atoms with van der Waals surface area (Å²) in [5.41, 5.74) is 0.0702. The molecule has 0 aromatic rings. The van der Waals surface area contributed by atoms with Gasteiger partial charge in [-0.05, 0) is 19.8 Å². The van der Waals surface area contributed by atoms with Gasteiger partial charge in [0.2, 0.25) is 0 Å². The van der Waals surface area contributed by atoms with Crippen molar-refractivity contribution in [3.63, 3.8) is 0 Å². The van der Waals surface area contributed by atoms with E-state index in [4.69, 9.17) is 5.11 Å². The van der Waals surface area contributed by atoms with E-state index in [0.717, 1.165) is 5.57 Å². The van der Waals surface area contributed by atoms with Gasteiger partial charge >= 0.3 is 5.97 Å². The topological polar surface area (TPSA) is 69.6 Å². The normalized spacial score (nSPS) is 12.9. The smallest absolute Gasteiger partial charge is 0.328 e. The van der Waals surface area contributed by atoms with Gasteiger partial charge in [-0.25, -0.2) is 4.79 Å². The number of hydrogen-bond acceptors (Lipinski definition) is 3. The Hall–Kier alpha value is -0.870. The van der Waals surface area contributed by atoms with Crippen LogP contribution in [0.4, 0.5) is 0 Å². The molecule has 0 heterocycles. The van der Waals surface area contributed by atoms with Gasteiger partial charge in [-0.15, -0.1) is 0 Å². The van der Waals surface area contributed by atoms with Crippen LogP contribution in [-0.2, 0) is 4.79 Å². The van der Waals surface area contributed by atoms with Gasteiger partial charge in [0.15, 0.2) is 0 Å². The van der Waals surface area contributed by atoms with E-state index in [9.17, 15) is 9.90 Å². The highest BCUT2D eigenvalue weighted by Gasteiger charge is 2.20. The van der Waals surface area contributed by atoms with Crippen LogP contribution in [0.5, 0.6) is 0 Å². The molecule has 0 bridgehead atoms. The Morgan fingerprint density at radius 2 is 1.93 bits per heavy atom. The molecule has 0 aliphatic heterocycles. The number of carboxylic acid groups (broad SMARTS) is 1. The van der Waals surface area contributed by atoms with Crippen molar-refractivity contribution in [2.75, 3.05) is 13.1 Å². The maximum absolute atomic E-state index is 10.3. The third-order valence-electron chi connectivity index (χ3n) is 2.54. The number of aliphatic carboxylic acids is 1. The zero-order valence-corrected chi connectivity index (χ0v) is 9.71. The monoisotopic (exact) mass is 215 g/mol. The third-order valence-corrected chi connectivity index (χ3v) is 2.54. The molecule has 0 rings (SSSR count). The van der Waals surface area contributed by atoms with E-state index in [-0.39, 0.29) is 0 Å². The van der Waals surface area contributed by atoms with Crippen LogP contribution in [0.2, 0.25) is 0 Å². The summed E-state index contributed by atoms with van der Waals surface area (Å²) in [7, 11) is 0. The van der Waals surface area contributed by atoms with Crippen molar-refractivity contribution in [3.8, 4) is 0 Å². The molecule has 3 N–H and O–H groups in total. The fourth-order valence-electron chi connectivity index (χ4n) is 1.25. The first-order valence-electron chi connectivity index (χ1n) is 5.26. The lowest BCUT2D eigenvalue weighted by atomic mass is 9.97. The molecule has 0 amide bonds. The molecule has 0 aliphatic carbocycles. The first-order valence-corrected chi connectivity index (χ1v) is 5.26. The van der Waals surface area contributed by atoms with E-state index in [2.05, 4.69) is 5.32 Å². The molecule has 0 aromatic heterocycles. The van der Waals surface area contributed by atoms with Gasteiger partial charge in [-0.2, -0.15) is 0 Å². The number of aliphatic hydroxyl groups is 1. The Kier molecular flexibility index (Phi) is 6.20. The summed E-state index contributed by atoms with van der Waals surface area (Å²) >= 11 is 0. The summed E-state index contributed by atoms with van der Waals surface area (Å²) in [6, 6.07) is 0. The van der Waals surface area contributed by atoms with Gasteiger partial charge in [0.1, 0.15) is 0 Å². The molecule has 0 unspecified atom stereocenters. The highest BCUT2D eigenvalue weighted by Crippen LogP contribution is 2.12. The highest BCUT2D eigenvalue weighted by molar-refractivity contribution is 5.80. The Morgan fingerprint density at radius 3 is 2.33 bits per heavy atom. The highest BCUT2D eigenvalue weighted by atomic mass is 16.4. The molecule has 0 atom stereocenters. The zero-order valence-electron chi connectivity index (χ0n) is 9.71. The summed E-state index contributed by atoms with van der Waals surface area (Å²) < 4.78 is 0. The SMILES string of the molecule is CCC(O)(CC)CNCC(C)=CC(=O)O. The van der Waals surface area contributed by atoms with Crippen molar-refractivity contribution in [2.24, 2.45) is 0 Å². The van der Waals surface area contributed by atoms with Gasteiger partial charge in [-0.1, -0.05) is 19.4 Å². The molecular formula is C11H21NO3. The number of carbonyl (C=O) groups is 1. The van der Waals surface area contributed by atoms with E-state index in [0.29, 0.717) is 25.9 Å². The Morgan fingerprint density at radius 1 is 1.40 bits per heavy atom. The van der Waals surface area contributed by atoms with Gasteiger partial charge in [0.05, 0.1) is 5.60 Å². The molecule has 0 aromatic carbocycles. The molecule has 0 radical (unpaired) electrons. The van der Waals surface area contributed by atoms with E-state index >= 15 is 0 Å². The van der Waals surface area contributed by atoms with Crippen molar-refractivity contribution in [1.82, 2.24) is 5.32 Å². The van der Waals surface area contributed by atoms with Crippen molar-refractivity contribution in [1.29, 1.82) is 0 Å². The van der Waals surface area contributed by atoms with Gasteiger partial charge in [0, 0.05) is 19.2 Å². The van der Waals surface area contributed by atoms with Crippen LogP contribution in [0, 0.1) is 0 Å². The molecule has 0 aliphatic rings. The number of hydrogen-bond donors (Lipinski definition) is 3. The van der Waals surface area contributed by atoms with Crippen molar-refractivity contribution in [3.05, 3.63) is 11.6 Å². The van der Waals surface area contributed by atoms with E-state index in [1.807, 2.05) is 13.8 Å². The quantitative estimate of drug-likeness (QED) is 0.557. The first kappa shape index (κ1) is 14.1. The lowest BCUT2D eigenvalue weighted by Gasteiger charge is -2.25. The molecule has 4 nitrogen and oxygen atoms in total. The maximum atomic E-state index is 10.3. The average Bonchev–Trinajstić information content (AvgIpc) is 2.16. The number of nitrogens with one attached hydrogen (secondary N) is 1. The largest absolute Gasteiger partial charge is 0.478 e. The predicted octanol–water partition coefficient (Wildman–Crippen LogP) is 1.16. The summed E-state index contributed by atoms with van der Waals surface area (Å²) in [6.45, 7) is 6.60. The van der Waals surface area contributed by atoms with Crippen molar-refractivity contribution in [2.45, 2.75) is 39.2 Å². The fourth-order valence-corrected chi connectivity index (χ4v) is 1.25. The first-order chi connectivity index (χ1) is 6.93.